The van der Waals surface area contributed by atoms with Gasteiger partial charge in [-0.15, -0.1) is 0 Å². The Labute approximate surface area is 113 Å². The van der Waals surface area contributed by atoms with Crippen LogP contribution in [0.4, 0.5) is 5.69 Å². The molecule has 1 aromatic carbocycles. The van der Waals surface area contributed by atoms with E-state index in [2.05, 4.69) is 0 Å². The van der Waals surface area contributed by atoms with Crippen LogP contribution in [0, 0.1) is 0 Å². The molecule has 0 spiro atoms. The van der Waals surface area contributed by atoms with Crippen LogP contribution in [0.3, 0.4) is 0 Å². The maximum Gasteiger partial charge on any atom is 0.236 e. The molecule has 19 heavy (non-hydrogen) atoms. The first-order valence-corrected chi connectivity index (χ1v) is 9.30. The molecule has 8 heteroatoms. The fourth-order valence-corrected chi connectivity index (χ4v) is 4.66. The van der Waals surface area contributed by atoms with Crippen LogP contribution in [-0.2, 0) is 19.9 Å². The number of rotatable bonds is 6. The second-order valence-corrected chi connectivity index (χ2v) is 8.40. The first-order chi connectivity index (χ1) is 8.65. The van der Waals surface area contributed by atoms with Crippen LogP contribution < -0.4 is 4.31 Å². The van der Waals surface area contributed by atoms with Gasteiger partial charge in [0.1, 0.15) is 15.6 Å². The zero-order valence-electron chi connectivity index (χ0n) is 10.8. The number of phenols is 1. The largest absolute Gasteiger partial charge is 0.508 e. The first kappa shape index (κ1) is 15.8. The summed E-state index contributed by atoms with van der Waals surface area (Å²) in [5.41, 5.74) is 0.316. The lowest BCUT2D eigenvalue weighted by Crippen LogP contribution is -2.34. The van der Waals surface area contributed by atoms with Gasteiger partial charge in [0.2, 0.25) is 10.0 Å². The van der Waals surface area contributed by atoms with Crippen LogP contribution in [-0.4, -0.2) is 46.2 Å². The fraction of sp³-hybridized carbons (Fsp3) is 0.455. The summed E-state index contributed by atoms with van der Waals surface area (Å²) in [7, 11) is -7.08. The third-order valence-corrected chi connectivity index (χ3v) is 5.52. The standard InChI is InChI=1S/C11H17NO5S2/c1-3-12(10-5-4-6-11(13)9-10)19(16,17)8-7-18(2,14)15/h4-6,9,13H,3,7-8H2,1-2H3. The number of anilines is 1. The summed E-state index contributed by atoms with van der Waals surface area (Å²) in [5.74, 6) is -0.950. The van der Waals surface area contributed by atoms with E-state index < -0.39 is 31.4 Å². The minimum Gasteiger partial charge on any atom is -0.508 e. The van der Waals surface area contributed by atoms with Crippen LogP contribution >= 0.6 is 0 Å². The van der Waals surface area contributed by atoms with Gasteiger partial charge < -0.3 is 5.11 Å². The number of nitrogens with zero attached hydrogens (tertiary/aromatic N) is 1. The van der Waals surface area contributed by atoms with Gasteiger partial charge in [-0.2, -0.15) is 0 Å². The topological polar surface area (TPSA) is 91.8 Å². The quantitative estimate of drug-likeness (QED) is 0.830. The van der Waals surface area contributed by atoms with Gasteiger partial charge in [-0.25, -0.2) is 16.8 Å². The van der Waals surface area contributed by atoms with Crippen molar-refractivity contribution in [3.63, 3.8) is 0 Å². The van der Waals surface area contributed by atoms with Gasteiger partial charge >= 0.3 is 0 Å². The smallest absolute Gasteiger partial charge is 0.236 e. The number of phenolic OH excluding ortho intramolecular Hbond substituents is 1. The van der Waals surface area contributed by atoms with Gasteiger partial charge in [-0.05, 0) is 19.1 Å². The van der Waals surface area contributed by atoms with Gasteiger partial charge in [0.25, 0.3) is 0 Å². The number of aromatic hydroxyl groups is 1. The van der Waals surface area contributed by atoms with Crippen LogP contribution in [0.1, 0.15) is 6.92 Å². The number of hydrogen-bond donors (Lipinski definition) is 1. The molecule has 0 amide bonds. The highest BCUT2D eigenvalue weighted by Gasteiger charge is 2.22. The van der Waals surface area contributed by atoms with Crippen molar-refractivity contribution in [2.75, 3.05) is 28.6 Å². The van der Waals surface area contributed by atoms with Crippen molar-refractivity contribution in [1.29, 1.82) is 0 Å². The molecule has 0 bridgehead atoms. The van der Waals surface area contributed by atoms with E-state index >= 15 is 0 Å². The molecule has 0 unspecified atom stereocenters. The molecule has 0 radical (unpaired) electrons. The number of hydrogen-bond acceptors (Lipinski definition) is 5. The summed E-state index contributed by atoms with van der Waals surface area (Å²) < 4.78 is 47.4. The van der Waals surface area contributed by atoms with Gasteiger partial charge in [0.05, 0.1) is 17.2 Å². The summed E-state index contributed by atoms with van der Waals surface area (Å²) >= 11 is 0. The molecule has 0 aliphatic rings. The van der Waals surface area contributed by atoms with E-state index in [1.807, 2.05) is 0 Å². The van der Waals surface area contributed by atoms with Crippen molar-refractivity contribution in [3.05, 3.63) is 24.3 Å². The minimum atomic E-state index is -3.73. The molecule has 1 rings (SSSR count). The molecule has 6 nitrogen and oxygen atoms in total. The summed E-state index contributed by atoms with van der Waals surface area (Å²) in [6.45, 7) is 1.80. The monoisotopic (exact) mass is 307 g/mol. The molecule has 1 N–H and O–H groups in total. The highest BCUT2D eigenvalue weighted by atomic mass is 32.2. The predicted octanol–water partition coefficient (Wildman–Crippen LogP) is 0.593. The molecule has 1 aromatic rings. The van der Waals surface area contributed by atoms with E-state index in [9.17, 15) is 21.9 Å². The molecule has 0 heterocycles. The highest BCUT2D eigenvalue weighted by molar-refractivity contribution is 7.95. The minimum absolute atomic E-state index is 0.0470. The summed E-state index contributed by atoms with van der Waals surface area (Å²) in [5, 5.41) is 9.36. The Kier molecular flexibility index (Phi) is 4.81. The Morgan fingerprint density at radius 3 is 2.26 bits per heavy atom. The highest BCUT2D eigenvalue weighted by Crippen LogP contribution is 2.22. The summed E-state index contributed by atoms with van der Waals surface area (Å²) in [6, 6.07) is 5.82. The third kappa shape index (κ3) is 4.71. The van der Waals surface area contributed by atoms with Crippen LogP contribution in [0.15, 0.2) is 24.3 Å². The van der Waals surface area contributed by atoms with E-state index in [1.54, 1.807) is 13.0 Å². The van der Waals surface area contributed by atoms with E-state index in [1.165, 1.54) is 18.2 Å². The van der Waals surface area contributed by atoms with E-state index in [0.717, 1.165) is 10.6 Å². The molecule has 0 fully saturated rings. The van der Waals surface area contributed by atoms with E-state index in [0.29, 0.717) is 5.69 Å². The van der Waals surface area contributed by atoms with Crippen LogP contribution in [0.5, 0.6) is 5.75 Å². The molecule has 0 saturated carbocycles. The molecule has 0 aliphatic carbocycles. The normalized spacial score (nSPS) is 12.3. The third-order valence-electron chi connectivity index (χ3n) is 2.45. The van der Waals surface area contributed by atoms with Crippen molar-refractivity contribution in [2.45, 2.75) is 6.92 Å². The maximum absolute atomic E-state index is 12.1. The fourth-order valence-electron chi connectivity index (χ4n) is 1.55. The Hall–Kier alpha value is -1.28. The predicted molar refractivity (Wildman–Crippen MR) is 74.6 cm³/mol. The molecule has 0 aromatic heterocycles. The van der Waals surface area contributed by atoms with E-state index in [-0.39, 0.29) is 12.3 Å². The molecule has 0 atom stereocenters. The Morgan fingerprint density at radius 2 is 1.79 bits per heavy atom. The molecular weight excluding hydrogens is 290 g/mol. The Balaban J connectivity index is 3.02. The maximum atomic E-state index is 12.1. The second kappa shape index (κ2) is 5.79. The zero-order valence-corrected chi connectivity index (χ0v) is 12.4. The lowest BCUT2D eigenvalue weighted by atomic mass is 10.3. The average molecular weight is 307 g/mol. The second-order valence-electron chi connectivity index (χ2n) is 4.13. The lowest BCUT2D eigenvalue weighted by Gasteiger charge is -2.22. The van der Waals surface area contributed by atoms with Crippen molar-refractivity contribution in [3.8, 4) is 5.75 Å². The summed E-state index contributed by atoms with van der Waals surface area (Å²) in [6.07, 6.45) is 0.993. The SMILES string of the molecule is CCN(c1cccc(O)c1)S(=O)(=O)CCS(C)(=O)=O. The molecule has 0 aliphatic heterocycles. The van der Waals surface area contributed by atoms with Gasteiger partial charge in [0, 0.05) is 18.9 Å². The Morgan fingerprint density at radius 1 is 1.16 bits per heavy atom. The van der Waals surface area contributed by atoms with Crippen molar-refractivity contribution in [1.82, 2.24) is 0 Å². The lowest BCUT2D eigenvalue weighted by molar-refractivity contribution is 0.475. The van der Waals surface area contributed by atoms with Crippen LogP contribution in [0.2, 0.25) is 0 Å². The number of sulfonamides is 1. The van der Waals surface area contributed by atoms with E-state index in [4.69, 9.17) is 0 Å². The first-order valence-electron chi connectivity index (χ1n) is 5.63. The van der Waals surface area contributed by atoms with Crippen molar-refractivity contribution < 1.29 is 21.9 Å². The van der Waals surface area contributed by atoms with Crippen molar-refractivity contribution >= 4 is 25.5 Å². The van der Waals surface area contributed by atoms with Crippen molar-refractivity contribution in [2.24, 2.45) is 0 Å². The van der Waals surface area contributed by atoms with Gasteiger partial charge in [-0.3, -0.25) is 4.31 Å². The molecule has 0 saturated heterocycles. The summed E-state index contributed by atoms with van der Waals surface area (Å²) in [4.78, 5) is 0. The molecule has 108 valence electrons. The number of sulfone groups is 1. The number of benzene rings is 1. The van der Waals surface area contributed by atoms with Gasteiger partial charge in [0.15, 0.2) is 0 Å². The van der Waals surface area contributed by atoms with Gasteiger partial charge in [-0.1, -0.05) is 6.07 Å². The average Bonchev–Trinajstić information content (AvgIpc) is 2.26. The Bertz CT molecular complexity index is 637. The van der Waals surface area contributed by atoms with Crippen LogP contribution in [0.25, 0.3) is 0 Å². The zero-order chi connectivity index (χ0) is 14.7. The molecular formula is C11H17NO5S2.